The SMILES string of the molecule is N.O.O.O.O.O.O.O=S(=O)([O-])[O-].[Fe+2]. The van der Waals surface area contributed by atoms with Gasteiger partial charge in [0.15, 0.2) is 0 Å². The third kappa shape index (κ3) is 103000. The van der Waals surface area contributed by atoms with E-state index in [0.717, 1.165) is 0 Å². The number of hydrogen-bond acceptors (Lipinski definition) is 5. The summed E-state index contributed by atoms with van der Waals surface area (Å²) in [6.45, 7) is 0. The van der Waals surface area contributed by atoms with Crippen LogP contribution in [0.1, 0.15) is 0 Å². The van der Waals surface area contributed by atoms with Gasteiger partial charge < -0.3 is 48.1 Å². The molecular weight excluding hydrogens is 262 g/mol. The van der Waals surface area contributed by atoms with Gasteiger partial charge in [-0.3, -0.25) is 8.42 Å². The fourth-order valence-electron chi connectivity index (χ4n) is 0. The van der Waals surface area contributed by atoms with Crippen molar-refractivity contribution in [3.63, 3.8) is 0 Å². The Morgan fingerprint density at radius 3 is 0.692 bits per heavy atom. The van der Waals surface area contributed by atoms with Gasteiger partial charge in [-0.15, -0.1) is 0 Å². The molecular formula is H15FeNO10S. The van der Waals surface area contributed by atoms with Gasteiger partial charge in [-0.25, -0.2) is 0 Å². The maximum Gasteiger partial charge on any atom is 2.00 e. The molecule has 0 heterocycles. The van der Waals surface area contributed by atoms with Crippen LogP contribution in [0.15, 0.2) is 0 Å². The molecule has 0 saturated heterocycles. The minimum atomic E-state index is -5.17. The standard InChI is InChI=1S/Fe.H3N.H2O4S.6H2O/c;;1-5(2,3)4;;;;;;/h;1H3;(H2,1,2,3,4);6*1H2/q+2;;;;;;;;/p-2. The van der Waals surface area contributed by atoms with E-state index in [9.17, 15) is 0 Å². The Labute approximate surface area is 84.6 Å². The molecule has 0 aliphatic carbocycles. The van der Waals surface area contributed by atoms with E-state index in [1.165, 1.54) is 0 Å². The van der Waals surface area contributed by atoms with Gasteiger partial charge in [0.1, 0.15) is 0 Å². The van der Waals surface area contributed by atoms with Crippen molar-refractivity contribution in [2.45, 2.75) is 0 Å². The fraction of sp³-hybridized carbons (Fsp3) is 0. The molecule has 0 bridgehead atoms. The second-order valence-corrected chi connectivity index (χ2v) is 1.22. The first-order valence-corrected chi connectivity index (χ1v) is 2.00. The number of hydrogen-bond donors (Lipinski definition) is 1. The van der Waals surface area contributed by atoms with Crippen LogP contribution in [0.2, 0.25) is 0 Å². The van der Waals surface area contributed by atoms with E-state index in [-0.39, 0.29) is 56.1 Å². The normalized spacial score (nSPS) is 4.46. The summed E-state index contributed by atoms with van der Waals surface area (Å²) in [5, 5.41) is 0. The summed E-state index contributed by atoms with van der Waals surface area (Å²) in [7, 11) is -5.17. The molecule has 0 saturated carbocycles. The third-order valence-electron chi connectivity index (χ3n) is 0. The van der Waals surface area contributed by atoms with Crippen LogP contribution in [-0.4, -0.2) is 50.4 Å². The summed E-state index contributed by atoms with van der Waals surface area (Å²) in [4.78, 5) is 0. The average molecular weight is 277 g/mol. The molecule has 0 rings (SSSR count). The van der Waals surface area contributed by atoms with Crippen molar-refractivity contribution in [2.24, 2.45) is 0 Å². The minimum Gasteiger partial charge on any atom is -0.759 e. The predicted octanol–water partition coefficient (Wildman–Crippen LogP) is -6.13. The van der Waals surface area contributed by atoms with E-state index in [1.54, 1.807) is 0 Å². The van der Waals surface area contributed by atoms with Gasteiger partial charge in [-0.1, -0.05) is 0 Å². The van der Waals surface area contributed by atoms with E-state index in [2.05, 4.69) is 0 Å². The summed E-state index contributed by atoms with van der Waals surface area (Å²) in [5.74, 6) is 0. The summed E-state index contributed by atoms with van der Waals surface area (Å²) >= 11 is 0. The van der Waals surface area contributed by atoms with Gasteiger partial charge in [-0.05, 0) is 0 Å². The van der Waals surface area contributed by atoms with Crippen LogP contribution in [0.25, 0.3) is 0 Å². The van der Waals surface area contributed by atoms with Gasteiger partial charge in [0.2, 0.25) is 0 Å². The molecule has 13 heavy (non-hydrogen) atoms. The molecule has 0 aliphatic rings. The Hall–Kier alpha value is 0.109. The maximum atomic E-state index is 8.52. The summed E-state index contributed by atoms with van der Waals surface area (Å²) in [6.07, 6.45) is 0. The zero-order chi connectivity index (χ0) is 4.50. The van der Waals surface area contributed by atoms with Crippen LogP contribution in [0.3, 0.4) is 0 Å². The Morgan fingerprint density at radius 2 is 0.692 bits per heavy atom. The van der Waals surface area contributed by atoms with Crippen LogP contribution < -0.4 is 6.15 Å². The van der Waals surface area contributed by atoms with E-state index in [0.29, 0.717) is 0 Å². The van der Waals surface area contributed by atoms with Crippen LogP contribution in [-0.2, 0) is 27.5 Å². The van der Waals surface area contributed by atoms with Crippen molar-refractivity contribution >= 4 is 10.4 Å². The molecule has 0 spiro atoms. The Bertz CT molecular complexity index is 98.1. The third-order valence-corrected chi connectivity index (χ3v) is 0. The van der Waals surface area contributed by atoms with Gasteiger partial charge in [0.25, 0.3) is 0 Å². The molecule has 0 aromatic heterocycles. The molecule has 0 fully saturated rings. The van der Waals surface area contributed by atoms with E-state index >= 15 is 0 Å². The molecule has 0 unspecified atom stereocenters. The maximum absolute atomic E-state index is 8.52. The largest absolute Gasteiger partial charge is 2.00 e. The van der Waals surface area contributed by atoms with E-state index in [4.69, 9.17) is 17.5 Å². The van der Waals surface area contributed by atoms with Gasteiger partial charge >= 0.3 is 17.1 Å². The van der Waals surface area contributed by atoms with Crippen LogP contribution in [0.5, 0.6) is 0 Å². The first-order valence-electron chi connectivity index (χ1n) is 0.667. The van der Waals surface area contributed by atoms with E-state index < -0.39 is 10.4 Å². The molecule has 0 aliphatic heterocycles. The van der Waals surface area contributed by atoms with Crippen molar-refractivity contribution in [2.75, 3.05) is 0 Å². The van der Waals surface area contributed by atoms with Crippen LogP contribution in [0.4, 0.5) is 0 Å². The van der Waals surface area contributed by atoms with Crippen LogP contribution >= 0.6 is 0 Å². The molecule has 0 aromatic rings. The van der Waals surface area contributed by atoms with Gasteiger partial charge in [-0.2, -0.15) is 0 Å². The predicted molar refractivity (Wildman–Crippen MR) is 37.2 cm³/mol. The van der Waals surface area contributed by atoms with Crippen molar-refractivity contribution in [3.8, 4) is 0 Å². The topological polar surface area (TPSA) is 304 Å². The molecule has 0 radical (unpaired) electrons. The molecule has 0 atom stereocenters. The summed E-state index contributed by atoms with van der Waals surface area (Å²) in [5.41, 5.74) is 0. The monoisotopic (exact) mass is 277 g/mol. The Morgan fingerprint density at radius 1 is 0.692 bits per heavy atom. The molecule has 11 nitrogen and oxygen atoms in total. The summed E-state index contributed by atoms with van der Waals surface area (Å²) in [6, 6.07) is 0. The molecule has 15 N–H and O–H groups in total. The first kappa shape index (κ1) is 114. The smallest absolute Gasteiger partial charge is 0.759 e. The second-order valence-electron chi connectivity index (χ2n) is 0.408. The minimum absolute atomic E-state index is 0. The zero-order valence-corrected chi connectivity index (χ0v) is 8.02. The molecule has 13 heteroatoms. The summed E-state index contributed by atoms with van der Waals surface area (Å²) < 4.78 is 34.1. The molecule has 0 aromatic carbocycles. The van der Waals surface area contributed by atoms with Gasteiger partial charge in [0.05, 0.1) is 0 Å². The quantitative estimate of drug-likeness (QED) is 0.255. The van der Waals surface area contributed by atoms with E-state index in [1.807, 2.05) is 0 Å². The fourth-order valence-corrected chi connectivity index (χ4v) is 0. The van der Waals surface area contributed by atoms with Crippen molar-refractivity contribution in [3.05, 3.63) is 0 Å². The Kier molecular flexibility index (Phi) is 351. The number of rotatable bonds is 0. The Balaban J connectivity index is -0.00000000286. The van der Waals surface area contributed by atoms with Crippen molar-refractivity contribution in [1.29, 1.82) is 0 Å². The second kappa shape index (κ2) is 40.0. The molecule has 94 valence electrons. The molecule has 0 amide bonds. The van der Waals surface area contributed by atoms with Crippen molar-refractivity contribution in [1.82, 2.24) is 6.15 Å². The van der Waals surface area contributed by atoms with Gasteiger partial charge in [0, 0.05) is 10.4 Å². The first-order chi connectivity index (χ1) is 2.00. The van der Waals surface area contributed by atoms with Crippen molar-refractivity contribution < 1.29 is 67.4 Å². The average Bonchev–Trinajstić information content (AvgIpc) is 0.722. The zero-order valence-electron chi connectivity index (χ0n) is 6.10. The van der Waals surface area contributed by atoms with Crippen LogP contribution in [0, 0.1) is 0 Å².